The molecule has 0 fully saturated rings. The Hall–Kier alpha value is -3.99. The first-order valence-electron chi connectivity index (χ1n) is 9.34. The third kappa shape index (κ3) is 4.65. The van der Waals surface area contributed by atoms with Gasteiger partial charge in [-0.15, -0.1) is 0 Å². The van der Waals surface area contributed by atoms with Gasteiger partial charge in [-0.2, -0.15) is 0 Å². The van der Waals surface area contributed by atoms with E-state index in [2.05, 4.69) is 27.4 Å². The van der Waals surface area contributed by atoms with Crippen molar-refractivity contribution < 1.29 is 4.79 Å². The third-order valence-corrected chi connectivity index (χ3v) is 4.42. The van der Waals surface area contributed by atoms with Crippen molar-refractivity contribution >= 4 is 23.2 Å². The van der Waals surface area contributed by atoms with E-state index in [-0.39, 0.29) is 5.91 Å². The zero-order valence-electron chi connectivity index (χ0n) is 15.8. The number of rotatable bonds is 6. The number of hydrogen-bond donors (Lipinski definition) is 1. The van der Waals surface area contributed by atoms with Crippen LogP contribution in [0.15, 0.2) is 103 Å². The molecule has 0 aliphatic heterocycles. The highest BCUT2D eigenvalue weighted by molar-refractivity contribution is 6.03. The molecule has 0 unspecified atom stereocenters. The first-order chi connectivity index (χ1) is 14.3. The molecule has 5 nitrogen and oxygen atoms in total. The lowest BCUT2D eigenvalue weighted by atomic mass is 10.2. The molecule has 0 atom stereocenters. The first kappa shape index (κ1) is 18.4. The highest BCUT2D eigenvalue weighted by Gasteiger charge is 2.14. The number of hydrogen-bond acceptors (Lipinski definition) is 4. The predicted molar refractivity (Wildman–Crippen MR) is 115 cm³/mol. The molecule has 0 aliphatic carbocycles. The minimum atomic E-state index is -0.239. The number of aromatic nitrogens is 2. The molecule has 3 aromatic carbocycles. The molecule has 4 aromatic rings. The van der Waals surface area contributed by atoms with Crippen molar-refractivity contribution in [3.63, 3.8) is 0 Å². The van der Waals surface area contributed by atoms with Crippen LogP contribution < -0.4 is 10.2 Å². The Morgan fingerprint density at radius 2 is 1.31 bits per heavy atom. The van der Waals surface area contributed by atoms with E-state index >= 15 is 0 Å². The van der Waals surface area contributed by atoms with E-state index in [9.17, 15) is 4.79 Å². The fraction of sp³-hybridized carbons (Fsp3) is 0.0417. The van der Waals surface area contributed by atoms with Gasteiger partial charge in [-0.25, -0.2) is 9.97 Å². The summed E-state index contributed by atoms with van der Waals surface area (Å²) in [5.41, 5.74) is 3.27. The maximum absolute atomic E-state index is 12.5. The molecule has 0 aliphatic rings. The standard InChI is InChI=1S/C24H20N4O/c29-23(27-21-12-6-2-7-13-21)20-16-25-24(26-17-20)28(22-14-8-3-9-15-22)18-19-10-4-1-5-11-19/h1-17H,18H2,(H,27,29). The zero-order valence-corrected chi connectivity index (χ0v) is 15.8. The number of nitrogens with zero attached hydrogens (tertiary/aromatic N) is 3. The molecule has 0 radical (unpaired) electrons. The molecular weight excluding hydrogens is 360 g/mol. The summed E-state index contributed by atoms with van der Waals surface area (Å²) in [4.78, 5) is 23.4. The summed E-state index contributed by atoms with van der Waals surface area (Å²) >= 11 is 0. The quantitative estimate of drug-likeness (QED) is 0.507. The van der Waals surface area contributed by atoms with Crippen molar-refractivity contribution in [2.24, 2.45) is 0 Å². The van der Waals surface area contributed by atoms with E-state index in [0.29, 0.717) is 18.1 Å². The molecule has 0 saturated heterocycles. The van der Waals surface area contributed by atoms with Crippen LogP contribution >= 0.6 is 0 Å². The molecule has 4 rings (SSSR count). The van der Waals surface area contributed by atoms with E-state index in [1.807, 2.05) is 83.8 Å². The fourth-order valence-electron chi connectivity index (χ4n) is 2.95. The van der Waals surface area contributed by atoms with E-state index in [4.69, 9.17) is 0 Å². The van der Waals surface area contributed by atoms with Crippen LogP contribution in [0.5, 0.6) is 0 Å². The molecule has 5 heteroatoms. The summed E-state index contributed by atoms with van der Waals surface area (Å²) in [5.74, 6) is 0.299. The zero-order chi connectivity index (χ0) is 19.9. The predicted octanol–water partition coefficient (Wildman–Crippen LogP) is 5.07. The van der Waals surface area contributed by atoms with Gasteiger partial charge in [0.15, 0.2) is 0 Å². The van der Waals surface area contributed by atoms with E-state index in [1.165, 1.54) is 0 Å². The van der Waals surface area contributed by atoms with Gasteiger partial charge in [0, 0.05) is 23.8 Å². The second kappa shape index (κ2) is 8.80. The van der Waals surface area contributed by atoms with Crippen molar-refractivity contribution in [3.8, 4) is 0 Å². The number of carbonyl (C=O) groups is 1. The monoisotopic (exact) mass is 380 g/mol. The summed E-state index contributed by atoms with van der Waals surface area (Å²) in [5, 5.41) is 2.85. The average molecular weight is 380 g/mol. The molecule has 29 heavy (non-hydrogen) atoms. The molecule has 142 valence electrons. The maximum atomic E-state index is 12.5. The molecular formula is C24H20N4O. The van der Waals surface area contributed by atoms with Crippen LogP contribution in [0.25, 0.3) is 0 Å². The Morgan fingerprint density at radius 3 is 1.93 bits per heavy atom. The number of anilines is 3. The number of carbonyl (C=O) groups excluding carboxylic acids is 1. The lowest BCUT2D eigenvalue weighted by molar-refractivity contribution is 0.102. The van der Waals surface area contributed by atoms with Gasteiger partial charge >= 0.3 is 0 Å². The van der Waals surface area contributed by atoms with Crippen molar-refractivity contribution in [2.45, 2.75) is 6.54 Å². The van der Waals surface area contributed by atoms with Gasteiger partial charge in [-0.3, -0.25) is 4.79 Å². The molecule has 1 N–H and O–H groups in total. The van der Waals surface area contributed by atoms with Crippen LogP contribution in [0.1, 0.15) is 15.9 Å². The number of nitrogens with one attached hydrogen (secondary N) is 1. The van der Waals surface area contributed by atoms with Gasteiger partial charge in [0.1, 0.15) is 0 Å². The normalized spacial score (nSPS) is 10.3. The van der Waals surface area contributed by atoms with Gasteiger partial charge in [0.05, 0.1) is 12.1 Å². The van der Waals surface area contributed by atoms with Gasteiger partial charge in [-0.05, 0) is 29.8 Å². The second-order valence-electron chi connectivity index (χ2n) is 6.50. The van der Waals surface area contributed by atoms with Gasteiger partial charge in [0.2, 0.25) is 5.95 Å². The largest absolute Gasteiger partial charge is 0.322 e. The van der Waals surface area contributed by atoms with Crippen LogP contribution in [-0.4, -0.2) is 15.9 Å². The Labute approximate surface area is 169 Å². The maximum Gasteiger partial charge on any atom is 0.258 e. The van der Waals surface area contributed by atoms with Crippen LogP contribution in [0.4, 0.5) is 17.3 Å². The van der Waals surface area contributed by atoms with Crippen molar-refractivity contribution in [3.05, 3.63) is 115 Å². The van der Waals surface area contributed by atoms with Gasteiger partial charge in [0.25, 0.3) is 5.91 Å². The summed E-state index contributed by atoms with van der Waals surface area (Å²) in [7, 11) is 0. The Bertz CT molecular complexity index is 1050. The van der Waals surface area contributed by atoms with Crippen LogP contribution in [0.2, 0.25) is 0 Å². The average Bonchev–Trinajstić information content (AvgIpc) is 2.79. The number of amides is 1. The first-order valence-corrected chi connectivity index (χ1v) is 9.34. The van der Waals surface area contributed by atoms with Gasteiger partial charge < -0.3 is 10.2 Å². The van der Waals surface area contributed by atoms with Crippen LogP contribution in [0, 0.1) is 0 Å². The molecule has 1 aromatic heterocycles. The molecule has 0 saturated carbocycles. The molecule has 0 bridgehead atoms. The SMILES string of the molecule is O=C(Nc1ccccc1)c1cnc(N(Cc2ccccc2)c2ccccc2)nc1. The minimum absolute atomic E-state index is 0.239. The van der Waals surface area contributed by atoms with Crippen LogP contribution in [-0.2, 0) is 6.54 Å². The number of para-hydroxylation sites is 2. The molecule has 1 amide bonds. The fourth-order valence-corrected chi connectivity index (χ4v) is 2.95. The lowest BCUT2D eigenvalue weighted by Crippen LogP contribution is -2.20. The molecule has 0 spiro atoms. The highest BCUT2D eigenvalue weighted by atomic mass is 16.1. The third-order valence-electron chi connectivity index (χ3n) is 4.42. The lowest BCUT2D eigenvalue weighted by Gasteiger charge is -2.23. The number of benzene rings is 3. The van der Waals surface area contributed by atoms with E-state index in [0.717, 1.165) is 16.9 Å². The van der Waals surface area contributed by atoms with Crippen LogP contribution in [0.3, 0.4) is 0 Å². The van der Waals surface area contributed by atoms with E-state index in [1.54, 1.807) is 12.4 Å². The summed E-state index contributed by atoms with van der Waals surface area (Å²) in [6, 6.07) is 29.4. The summed E-state index contributed by atoms with van der Waals surface area (Å²) < 4.78 is 0. The molecule has 1 heterocycles. The van der Waals surface area contributed by atoms with Crippen molar-refractivity contribution in [2.75, 3.05) is 10.2 Å². The van der Waals surface area contributed by atoms with Crippen molar-refractivity contribution in [1.29, 1.82) is 0 Å². The Kier molecular flexibility index (Phi) is 5.58. The smallest absolute Gasteiger partial charge is 0.258 e. The Morgan fingerprint density at radius 1 is 0.759 bits per heavy atom. The summed E-state index contributed by atoms with van der Waals surface area (Å²) in [6.07, 6.45) is 3.11. The van der Waals surface area contributed by atoms with Gasteiger partial charge in [-0.1, -0.05) is 66.7 Å². The summed E-state index contributed by atoms with van der Waals surface area (Å²) in [6.45, 7) is 0.625. The minimum Gasteiger partial charge on any atom is -0.322 e. The second-order valence-corrected chi connectivity index (χ2v) is 6.50. The van der Waals surface area contributed by atoms with E-state index < -0.39 is 0 Å². The Balaban J connectivity index is 1.57. The van der Waals surface area contributed by atoms with Crippen molar-refractivity contribution in [1.82, 2.24) is 9.97 Å². The topological polar surface area (TPSA) is 58.1 Å². The highest BCUT2D eigenvalue weighted by Crippen LogP contribution is 2.24.